The molecule has 0 N–H and O–H groups in total. The van der Waals surface area contributed by atoms with Crippen molar-refractivity contribution in [2.24, 2.45) is 0 Å². The lowest BCUT2D eigenvalue weighted by Gasteiger charge is -2.28. The summed E-state index contributed by atoms with van der Waals surface area (Å²) in [5, 5.41) is 0. The Balaban J connectivity index is 1.66. The number of carbonyl (C=O) groups excluding carboxylic acids is 2. The fourth-order valence-corrected chi connectivity index (χ4v) is 7.47. The molecule has 0 aromatic carbocycles. The first-order valence-corrected chi connectivity index (χ1v) is 24.6. The van der Waals surface area contributed by atoms with Gasteiger partial charge in [0.25, 0.3) is 7.82 Å². The Morgan fingerprint density at radius 2 is 1.30 bits per heavy atom. The van der Waals surface area contributed by atoms with Gasteiger partial charge in [0.05, 0.1) is 40.0 Å². The molecule has 0 aliphatic carbocycles. The molecule has 4 atom stereocenters. The van der Waals surface area contributed by atoms with Crippen LogP contribution in [0.15, 0.2) is 40.9 Å². The van der Waals surface area contributed by atoms with Crippen molar-refractivity contribution in [2.75, 3.05) is 47.5 Å². The number of allylic oxidation sites excluding steroid dienone is 5. The third-order valence-electron chi connectivity index (χ3n) is 10.8. The lowest BCUT2D eigenvalue weighted by Crippen LogP contribution is -2.37. The van der Waals surface area contributed by atoms with Crippen molar-refractivity contribution in [3.63, 3.8) is 0 Å². The summed E-state index contributed by atoms with van der Waals surface area (Å²) in [6, 6.07) is 0. The van der Waals surface area contributed by atoms with Crippen molar-refractivity contribution in [2.45, 2.75) is 187 Å². The monoisotopic (exact) mass is 864 g/mol. The molecule has 0 radical (unpaired) electrons. The standard InChI is InChI=1S/C48H82NO10P/c1-8-10-24-30-43-40(3)41(4)44(58-43)31-26-20-18-19-23-29-35-48(51)57-42(39-56-60(52,53)55-37-36-49(5,6)7)38-54-47(50)34-28-22-17-15-13-12-14-16-21-27-33-46-45(59-46)32-25-11-9-2/h12,14-15,17,21,27,42,45-46H,8-11,13,16,18-20,22-26,28-39H2,1-7H3/b14-12-,17-15-,27-21-/t42-,45?,46?/m1/s1. The molecule has 1 fully saturated rings. The normalized spacial score (nSPS) is 17.2. The summed E-state index contributed by atoms with van der Waals surface area (Å²) in [7, 11) is 1.10. The van der Waals surface area contributed by atoms with E-state index in [1.54, 1.807) is 0 Å². The van der Waals surface area contributed by atoms with E-state index in [0.29, 0.717) is 36.1 Å². The van der Waals surface area contributed by atoms with Gasteiger partial charge in [-0.1, -0.05) is 108 Å². The van der Waals surface area contributed by atoms with Gasteiger partial charge in [-0.25, -0.2) is 0 Å². The Kier molecular flexibility index (Phi) is 28.0. The average Bonchev–Trinajstić information content (AvgIpc) is 3.89. The molecular weight excluding hydrogens is 781 g/mol. The number of esters is 2. The number of hydrogen-bond donors (Lipinski definition) is 0. The highest BCUT2D eigenvalue weighted by molar-refractivity contribution is 7.45. The molecule has 344 valence electrons. The van der Waals surface area contributed by atoms with Crippen LogP contribution in [0, 0.1) is 13.8 Å². The second-order valence-electron chi connectivity index (χ2n) is 17.4. The molecule has 1 saturated heterocycles. The van der Waals surface area contributed by atoms with Gasteiger partial charge in [0.2, 0.25) is 0 Å². The molecule has 0 saturated carbocycles. The Morgan fingerprint density at radius 1 is 0.717 bits per heavy atom. The van der Waals surface area contributed by atoms with Gasteiger partial charge in [0.1, 0.15) is 31.3 Å². The zero-order valence-corrected chi connectivity index (χ0v) is 39.5. The summed E-state index contributed by atoms with van der Waals surface area (Å²) >= 11 is 0. The van der Waals surface area contributed by atoms with E-state index in [1.807, 2.05) is 27.2 Å². The van der Waals surface area contributed by atoms with Crippen LogP contribution in [0.25, 0.3) is 0 Å². The number of quaternary nitrogens is 1. The Bertz CT molecular complexity index is 1460. The van der Waals surface area contributed by atoms with E-state index in [9.17, 15) is 19.0 Å². The van der Waals surface area contributed by atoms with Crippen LogP contribution in [-0.2, 0) is 50.3 Å². The lowest BCUT2D eigenvalue weighted by atomic mass is 10.0. The summed E-state index contributed by atoms with van der Waals surface area (Å²) in [5.74, 6) is 1.32. The van der Waals surface area contributed by atoms with Crippen LogP contribution < -0.4 is 4.89 Å². The number of hydrogen-bond acceptors (Lipinski definition) is 10. The van der Waals surface area contributed by atoms with Crippen molar-refractivity contribution in [3.8, 4) is 0 Å². The number of furan rings is 1. The van der Waals surface area contributed by atoms with Crippen LogP contribution in [0.4, 0.5) is 0 Å². The molecule has 2 rings (SSSR count). The Labute approximate surface area is 363 Å². The predicted octanol–water partition coefficient (Wildman–Crippen LogP) is 10.9. The Hall–Kier alpha value is -2.53. The topological polar surface area (TPSA) is 137 Å². The number of ether oxygens (including phenoxy) is 3. The molecule has 1 aromatic heterocycles. The molecule has 0 spiro atoms. The van der Waals surface area contributed by atoms with Gasteiger partial charge in [-0.2, -0.15) is 0 Å². The number of likely N-dealkylation sites (N-methyl/N-ethyl adjacent to an activating group) is 1. The number of aryl methyl sites for hydroxylation is 2. The van der Waals surface area contributed by atoms with Crippen LogP contribution >= 0.6 is 7.82 Å². The van der Waals surface area contributed by atoms with Crippen LogP contribution in [0.1, 0.15) is 165 Å². The number of nitrogens with zero attached hydrogens (tertiary/aromatic N) is 1. The van der Waals surface area contributed by atoms with Crippen molar-refractivity contribution in [3.05, 3.63) is 59.1 Å². The van der Waals surface area contributed by atoms with Gasteiger partial charge < -0.3 is 37.1 Å². The molecule has 60 heavy (non-hydrogen) atoms. The zero-order valence-electron chi connectivity index (χ0n) is 38.6. The second-order valence-corrected chi connectivity index (χ2v) is 18.8. The molecule has 2 heterocycles. The van der Waals surface area contributed by atoms with Crippen LogP contribution in [0.2, 0.25) is 0 Å². The van der Waals surface area contributed by atoms with E-state index in [2.05, 4.69) is 58.1 Å². The van der Waals surface area contributed by atoms with Crippen LogP contribution in [-0.4, -0.2) is 82.2 Å². The molecule has 3 unspecified atom stereocenters. The third-order valence-corrected chi connectivity index (χ3v) is 11.8. The van der Waals surface area contributed by atoms with Crippen LogP contribution in [0.3, 0.4) is 0 Å². The molecule has 0 bridgehead atoms. The molecule has 11 nitrogen and oxygen atoms in total. The number of phosphoric ester groups is 1. The fraction of sp³-hybridized carbons (Fsp3) is 0.750. The molecule has 1 aliphatic heterocycles. The van der Waals surface area contributed by atoms with E-state index >= 15 is 0 Å². The van der Waals surface area contributed by atoms with Gasteiger partial charge in [-0.05, 0) is 82.8 Å². The van der Waals surface area contributed by atoms with E-state index in [0.717, 1.165) is 82.1 Å². The molecular formula is C48H82NO10P. The maximum atomic E-state index is 12.8. The second kappa shape index (κ2) is 31.3. The summed E-state index contributed by atoms with van der Waals surface area (Å²) in [6.07, 6.45) is 33.3. The minimum Gasteiger partial charge on any atom is -0.756 e. The average molecular weight is 864 g/mol. The first kappa shape index (κ1) is 53.6. The first-order valence-electron chi connectivity index (χ1n) is 23.2. The maximum absolute atomic E-state index is 12.8. The van der Waals surface area contributed by atoms with Gasteiger partial charge in [0.15, 0.2) is 6.10 Å². The highest BCUT2D eigenvalue weighted by atomic mass is 31.2. The minimum atomic E-state index is -4.66. The first-order chi connectivity index (χ1) is 28.7. The van der Waals surface area contributed by atoms with Crippen molar-refractivity contribution in [1.29, 1.82) is 0 Å². The number of carbonyl (C=O) groups is 2. The highest BCUT2D eigenvalue weighted by Gasteiger charge is 2.36. The summed E-state index contributed by atoms with van der Waals surface area (Å²) in [5.41, 5.74) is 2.59. The van der Waals surface area contributed by atoms with E-state index < -0.39 is 32.5 Å². The summed E-state index contributed by atoms with van der Waals surface area (Å²) in [6.45, 7) is 8.36. The highest BCUT2D eigenvalue weighted by Crippen LogP contribution is 2.38. The number of phosphoric acid groups is 1. The SMILES string of the molecule is CCCCCc1oc(CCCCCCCCC(=O)O[C@H](COC(=O)CCC/C=C\C/C=C\C/C=C\CC2OC2CCCCC)COP(=O)([O-])OCC[N+](C)(C)C)c(C)c1C. The van der Waals surface area contributed by atoms with Gasteiger partial charge >= 0.3 is 11.9 Å². The molecule has 1 aromatic rings. The Morgan fingerprint density at radius 3 is 1.97 bits per heavy atom. The smallest absolute Gasteiger partial charge is 0.306 e. The van der Waals surface area contributed by atoms with Crippen molar-refractivity contribution < 1.29 is 51.2 Å². The lowest BCUT2D eigenvalue weighted by molar-refractivity contribution is -0.870. The van der Waals surface area contributed by atoms with E-state index in [-0.39, 0.29) is 26.1 Å². The predicted molar refractivity (Wildman–Crippen MR) is 239 cm³/mol. The minimum absolute atomic E-state index is 0.0514. The van der Waals surface area contributed by atoms with Crippen molar-refractivity contribution in [1.82, 2.24) is 0 Å². The maximum Gasteiger partial charge on any atom is 0.306 e. The number of epoxide rings is 1. The molecule has 0 amide bonds. The summed E-state index contributed by atoms with van der Waals surface area (Å²) in [4.78, 5) is 37.7. The largest absolute Gasteiger partial charge is 0.756 e. The van der Waals surface area contributed by atoms with E-state index in [4.69, 9.17) is 27.7 Å². The zero-order chi connectivity index (χ0) is 44.1. The third kappa shape index (κ3) is 26.7. The molecule has 12 heteroatoms. The number of unbranched alkanes of at least 4 members (excludes halogenated alkanes) is 10. The quantitative estimate of drug-likeness (QED) is 0.0159. The molecule has 1 aliphatic rings. The number of rotatable bonds is 37. The summed E-state index contributed by atoms with van der Waals surface area (Å²) < 4.78 is 45.9. The van der Waals surface area contributed by atoms with Crippen molar-refractivity contribution >= 4 is 19.8 Å². The van der Waals surface area contributed by atoms with E-state index in [1.165, 1.54) is 56.1 Å². The van der Waals surface area contributed by atoms with Gasteiger partial charge in [-0.3, -0.25) is 14.2 Å². The fourth-order valence-electron chi connectivity index (χ4n) is 6.74. The van der Waals surface area contributed by atoms with Gasteiger partial charge in [-0.15, -0.1) is 0 Å². The van der Waals surface area contributed by atoms with Crippen LogP contribution in [0.5, 0.6) is 0 Å². The van der Waals surface area contributed by atoms with Gasteiger partial charge in [0, 0.05) is 25.7 Å².